The summed E-state index contributed by atoms with van der Waals surface area (Å²) in [6.45, 7) is 2.93. The minimum absolute atomic E-state index is 0.624. The molecule has 1 aliphatic heterocycles. The first-order valence-electron chi connectivity index (χ1n) is 1.32. The highest BCUT2D eigenvalue weighted by Gasteiger charge is 2.07. The Morgan fingerprint density at radius 3 is 2.20 bits per heavy atom. The topological polar surface area (TPSA) is 0 Å². The van der Waals surface area contributed by atoms with Gasteiger partial charge < -0.3 is 0 Å². The van der Waals surface area contributed by atoms with E-state index < -0.39 is 0 Å². The van der Waals surface area contributed by atoms with Crippen molar-refractivity contribution in [3.8, 4) is 0 Å². The fourth-order valence-corrected chi connectivity index (χ4v) is 12.1. The van der Waals surface area contributed by atoms with Gasteiger partial charge >= 0.3 is 0 Å². The fourth-order valence-electron chi connectivity index (χ4n) is 0.109. The Bertz CT molecular complexity index is 50.7. The lowest BCUT2D eigenvalue weighted by Gasteiger charge is -1.74. The number of rotatable bonds is 1. The monoisotopic (exact) mass is 140 g/mol. The maximum Gasteiger partial charge on any atom is 0.0309 e. The fraction of sp³-hybridized carbons (Fsp3) is 1.00. The van der Waals surface area contributed by atoms with E-state index in [0.29, 0.717) is 6.99 Å². The van der Waals surface area contributed by atoms with Crippen LogP contribution >= 0.6 is 30.4 Å². The second-order valence-electron chi connectivity index (χ2n) is 0.692. The van der Waals surface area contributed by atoms with Gasteiger partial charge in [-0.1, -0.05) is 8.27 Å². The third-order valence-corrected chi connectivity index (χ3v) is 15.1. The van der Waals surface area contributed by atoms with Gasteiger partial charge in [-0.15, -0.1) is 0 Å². The molecule has 0 aromatic carbocycles. The summed E-state index contributed by atoms with van der Waals surface area (Å²) in [5.74, 6) is 0. The molecule has 1 rings (SSSR count). The third kappa shape index (κ3) is 1.57. The Morgan fingerprint density at radius 2 is 2.20 bits per heavy atom. The molecule has 0 saturated heterocycles. The molecule has 0 amide bonds. The van der Waals surface area contributed by atoms with Crippen molar-refractivity contribution >= 4 is 30.4 Å². The molecule has 4 heteroatoms. The predicted octanol–water partition coefficient (Wildman–Crippen LogP) is 3.34. The van der Waals surface area contributed by atoms with Crippen LogP contribution in [0.2, 0.25) is 0 Å². The first kappa shape index (κ1) is 4.61. The number of hydrogen-bond acceptors (Lipinski definition) is 0. The molecule has 0 aliphatic carbocycles. The van der Waals surface area contributed by atoms with E-state index in [4.69, 9.17) is 0 Å². The van der Waals surface area contributed by atoms with Crippen LogP contribution in [0.25, 0.3) is 0 Å². The van der Waals surface area contributed by atoms with E-state index in [1.165, 1.54) is 8.27 Å². The molecule has 0 N–H and O–H groups in total. The molecule has 5 heavy (non-hydrogen) atoms. The van der Waals surface area contributed by atoms with Crippen LogP contribution in [0.1, 0.15) is 0 Å². The van der Waals surface area contributed by atoms with Gasteiger partial charge in [-0.25, -0.2) is 0 Å². The lowest BCUT2D eigenvalue weighted by Crippen LogP contribution is -1.09. The van der Waals surface area contributed by atoms with Crippen molar-refractivity contribution in [2.75, 3.05) is 6.66 Å². The van der Waals surface area contributed by atoms with Crippen LogP contribution in [-0.2, 0) is 0 Å². The van der Waals surface area contributed by atoms with E-state index in [9.17, 15) is 0 Å². The molecule has 0 saturated carbocycles. The predicted molar refractivity (Wildman–Crippen MR) is 35.0 cm³/mol. The van der Waals surface area contributed by atoms with Crippen molar-refractivity contribution in [2.45, 2.75) is 0 Å². The molecule has 1 unspecified atom stereocenters. The van der Waals surface area contributed by atoms with Gasteiger partial charge in [0.05, 0.1) is 0 Å². The van der Waals surface area contributed by atoms with Gasteiger partial charge in [-0.3, -0.25) is 0 Å². The zero-order valence-corrected chi connectivity index (χ0v) is 6.52. The van der Waals surface area contributed by atoms with Crippen molar-refractivity contribution in [2.24, 2.45) is 0 Å². The molecule has 0 nitrogen and oxygen atoms in total. The summed E-state index contributed by atoms with van der Waals surface area (Å²) in [7, 11) is 4.76. The largest absolute Gasteiger partial charge is 0.0808 e. The smallest absolute Gasteiger partial charge is 0.0309 e. The van der Waals surface area contributed by atoms with E-state index in [-0.39, 0.29) is 0 Å². The molecule has 0 spiro atoms. The van der Waals surface area contributed by atoms with Crippen molar-refractivity contribution < 1.29 is 0 Å². The summed E-state index contributed by atoms with van der Waals surface area (Å²) in [6, 6.07) is 0. The van der Waals surface area contributed by atoms with Crippen LogP contribution < -0.4 is 0 Å². The van der Waals surface area contributed by atoms with Crippen molar-refractivity contribution in [1.82, 2.24) is 0 Å². The summed E-state index contributed by atoms with van der Waals surface area (Å²) < 4.78 is 0. The first-order chi connectivity index (χ1) is 2.43. The zero-order chi connectivity index (χ0) is 3.70. The zero-order valence-electron chi connectivity index (χ0n) is 2.84. The van der Waals surface area contributed by atoms with E-state index in [1.54, 1.807) is 15.1 Å². The quantitative estimate of drug-likeness (QED) is 0.490. The third-order valence-electron chi connectivity index (χ3n) is 0.379. The minimum atomic E-state index is 0.624. The van der Waals surface area contributed by atoms with Crippen LogP contribution in [0, 0.1) is 0 Å². The van der Waals surface area contributed by atoms with E-state index in [1.807, 2.05) is 0 Å². The van der Waals surface area contributed by atoms with Gasteiger partial charge in [0.25, 0.3) is 0 Å². The molecule has 0 aromatic heterocycles. The summed E-state index contributed by atoms with van der Waals surface area (Å²) in [5, 5.41) is 0. The molecule has 0 aromatic rings. The Balaban J connectivity index is 2.06. The van der Waals surface area contributed by atoms with Crippen LogP contribution in [-0.4, -0.2) is 6.66 Å². The molecule has 0 radical (unpaired) electrons. The molecule has 0 bridgehead atoms. The molecular formula is CH4P4. The van der Waals surface area contributed by atoms with Crippen molar-refractivity contribution in [3.05, 3.63) is 0 Å². The maximum absolute atomic E-state index is 2.30. The second-order valence-corrected chi connectivity index (χ2v) is 14.7. The Hall–Kier alpha value is 1.46. The molecule has 0 fully saturated rings. The van der Waals surface area contributed by atoms with Gasteiger partial charge in [0.2, 0.25) is 0 Å². The average molecular weight is 140 g/mol. The molecule has 1 aliphatic rings. The highest BCUT2D eigenvalue weighted by atomic mass is 33.0. The Morgan fingerprint density at radius 1 is 1.60 bits per heavy atom. The minimum Gasteiger partial charge on any atom is -0.0808 e. The standard InChI is InChI=1S/CH4P4/c1-2-5-3-4-5/h2H,1H3. The van der Waals surface area contributed by atoms with Crippen molar-refractivity contribution in [3.63, 3.8) is 0 Å². The first-order valence-corrected chi connectivity index (χ1v) is 8.91. The lowest BCUT2D eigenvalue weighted by atomic mass is 12.0. The summed E-state index contributed by atoms with van der Waals surface area (Å²) in [5.41, 5.74) is 0. The van der Waals surface area contributed by atoms with E-state index in [0.717, 1.165) is 0 Å². The second kappa shape index (κ2) is 1.95. The van der Waals surface area contributed by atoms with Gasteiger partial charge in [-0.2, -0.15) is 0 Å². The van der Waals surface area contributed by atoms with E-state index in [2.05, 4.69) is 6.66 Å². The summed E-state index contributed by atoms with van der Waals surface area (Å²) in [6.07, 6.45) is 0. The molecule has 28 valence electrons. The Kier molecular flexibility index (Phi) is 1.80. The normalized spacial score (nSPS) is 39.8. The SMILES string of the molecule is CPP1P=P1. The van der Waals surface area contributed by atoms with Gasteiger partial charge in [0.15, 0.2) is 0 Å². The molecule has 1 heterocycles. The number of hydrogen-bond donors (Lipinski definition) is 0. The lowest BCUT2D eigenvalue weighted by molar-refractivity contribution is 2.51. The Labute approximate surface area is 37.8 Å². The highest BCUT2D eigenvalue weighted by molar-refractivity contribution is 8.96. The van der Waals surface area contributed by atoms with Crippen LogP contribution in [0.3, 0.4) is 0 Å². The average Bonchev–Trinajstić information content (AvgIpc) is 2.12. The van der Waals surface area contributed by atoms with E-state index >= 15 is 0 Å². The summed E-state index contributed by atoms with van der Waals surface area (Å²) in [4.78, 5) is 0. The highest BCUT2D eigenvalue weighted by Crippen LogP contribution is 2.92. The van der Waals surface area contributed by atoms with Gasteiger partial charge in [0, 0.05) is 6.99 Å². The van der Waals surface area contributed by atoms with Gasteiger partial charge in [-0.05, 0) is 21.8 Å². The van der Waals surface area contributed by atoms with Crippen LogP contribution in [0.15, 0.2) is 0 Å². The summed E-state index contributed by atoms with van der Waals surface area (Å²) >= 11 is 0. The molecular weight excluding hydrogens is 136 g/mol. The molecule has 1 atom stereocenters. The van der Waals surface area contributed by atoms with Crippen LogP contribution in [0.5, 0.6) is 0 Å². The van der Waals surface area contributed by atoms with Gasteiger partial charge in [0.1, 0.15) is 0 Å². The van der Waals surface area contributed by atoms with Crippen LogP contribution in [0.4, 0.5) is 0 Å². The maximum atomic E-state index is 2.30. The van der Waals surface area contributed by atoms with Crippen molar-refractivity contribution in [1.29, 1.82) is 0 Å².